The Balaban J connectivity index is 2.64. The lowest BCUT2D eigenvalue weighted by Crippen LogP contribution is -2.48. The van der Waals surface area contributed by atoms with E-state index < -0.39 is 17.9 Å². The van der Waals surface area contributed by atoms with Gasteiger partial charge in [-0.05, 0) is 25.9 Å². The van der Waals surface area contributed by atoms with Crippen molar-refractivity contribution in [2.75, 3.05) is 13.1 Å². The fourth-order valence-electron chi connectivity index (χ4n) is 1.46. The van der Waals surface area contributed by atoms with Gasteiger partial charge in [0.1, 0.15) is 0 Å². The molecule has 0 radical (unpaired) electrons. The number of primary amides is 1. The molecule has 3 N–H and O–H groups in total. The van der Waals surface area contributed by atoms with E-state index in [0.717, 1.165) is 12.8 Å². The zero-order valence-corrected chi connectivity index (χ0v) is 6.69. The van der Waals surface area contributed by atoms with E-state index in [4.69, 9.17) is 10.8 Å². The second kappa shape index (κ2) is 3.53. The zero-order valence-electron chi connectivity index (χ0n) is 6.69. The Labute approximate surface area is 70.1 Å². The van der Waals surface area contributed by atoms with E-state index in [9.17, 15) is 9.59 Å². The summed E-state index contributed by atoms with van der Waals surface area (Å²) >= 11 is 0. The van der Waals surface area contributed by atoms with Crippen LogP contribution >= 0.6 is 0 Å². The lowest BCUT2D eigenvalue weighted by molar-refractivity contribution is -0.147. The maximum atomic E-state index is 10.7. The standard InChI is InChI=1S/C7H12N2O3/c8-6(10)5(7(11)12)9-3-1-2-4-9/h5H,1-4H2,(H2,8,10)(H,11,12). The Hall–Kier alpha value is -1.10. The van der Waals surface area contributed by atoms with E-state index in [0.29, 0.717) is 13.1 Å². The summed E-state index contributed by atoms with van der Waals surface area (Å²) in [5.74, 6) is -1.92. The molecule has 12 heavy (non-hydrogen) atoms. The fraction of sp³-hybridized carbons (Fsp3) is 0.714. The molecule has 1 fully saturated rings. The van der Waals surface area contributed by atoms with E-state index in [1.807, 2.05) is 0 Å². The average Bonchev–Trinajstić information content (AvgIpc) is 2.37. The van der Waals surface area contributed by atoms with Crippen LogP contribution in [0.3, 0.4) is 0 Å². The van der Waals surface area contributed by atoms with Crippen LogP contribution in [0, 0.1) is 0 Å². The van der Waals surface area contributed by atoms with E-state index in [1.165, 1.54) is 0 Å². The van der Waals surface area contributed by atoms with Crippen molar-refractivity contribution in [2.24, 2.45) is 5.73 Å². The molecule has 0 bridgehead atoms. The quantitative estimate of drug-likeness (QED) is 0.536. The number of carbonyl (C=O) groups is 2. The monoisotopic (exact) mass is 172 g/mol. The predicted octanol–water partition coefficient (Wildman–Crippen LogP) is -0.979. The molecule has 0 aromatic heterocycles. The normalized spacial score (nSPS) is 20.7. The molecular formula is C7H12N2O3. The number of aliphatic carboxylic acids is 1. The molecule has 1 saturated heterocycles. The van der Waals surface area contributed by atoms with Gasteiger partial charge < -0.3 is 10.8 Å². The summed E-state index contributed by atoms with van der Waals surface area (Å²) in [4.78, 5) is 22.9. The SMILES string of the molecule is NC(=O)C(C(=O)O)N1CCCC1. The highest BCUT2D eigenvalue weighted by Crippen LogP contribution is 2.11. The molecule has 1 amide bonds. The Kier molecular flexibility index (Phi) is 2.65. The van der Waals surface area contributed by atoms with Crippen molar-refractivity contribution in [3.63, 3.8) is 0 Å². The molecule has 0 saturated carbocycles. The van der Waals surface area contributed by atoms with Crippen LogP contribution in [0.4, 0.5) is 0 Å². The third kappa shape index (κ3) is 1.73. The van der Waals surface area contributed by atoms with Gasteiger partial charge in [0.05, 0.1) is 0 Å². The van der Waals surface area contributed by atoms with Crippen molar-refractivity contribution in [2.45, 2.75) is 18.9 Å². The Morgan fingerprint density at radius 3 is 2.17 bits per heavy atom. The van der Waals surface area contributed by atoms with Crippen molar-refractivity contribution < 1.29 is 14.7 Å². The van der Waals surface area contributed by atoms with Crippen molar-refractivity contribution in [1.29, 1.82) is 0 Å². The number of carbonyl (C=O) groups excluding carboxylic acids is 1. The number of likely N-dealkylation sites (tertiary alicyclic amines) is 1. The lowest BCUT2D eigenvalue weighted by atomic mass is 10.2. The van der Waals surface area contributed by atoms with Crippen LogP contribution < -0.4 is 5.73 Å². The van der Waals surface area contributed by atoms with Gasteiger partial charge in [0.25, 0.3) is 0 Å². The molecule has 0 aliphatic carbocycles. The van der Waals surface area contributed by atoms with Gasteiger partial charge in [-0.15, -0.1) is 0 Å². The first kappa shape index (κ1) is 8.99. The van der Waals surface area contributed by atoms with Gasteiger partial charge in [-0.25, -0.2) is 4.79 Å². The van der Waals surface area contributed by atoms with Crippen LogP contribution in [-0.2, 0) is 9.59 Å². The Bertz CT molecular complexity index is 185. The van der Waals surface area contributed by atoms with Crippen molar-refractivity contribution in [3.05, 3.63) is 0 Å². The summed E-state index contributed by atoms with van der Waals surface area (Å²) in [6.45, 7) is 1.31. The summed E-state index contributed by atoms with van der Waals surface area (Å²) in [6.07, 6.45) is 1.88. The van der Waals surface area contributed by atoms with Gasteiger partial charge in [0.2, 0.25) is 5.91 Å². The number of carboxylic acids is 1. The Morgan fingerprint density at radius 2 is 1.83 bits per heavy atom. The number of rotatable bonds is 3. The summed E-state index contributed by atoms with van der Waals surface area (Å²) in [6, 6.07) is -1.13. The fourth-order valence-corrected chi connectivity index (χ4v) is 1.46. The number of nitrogens with zero attached hydrogens (tertiary/aromatic N) is 1. The van der Waals surface area contributed by atoms with Crippen LogP contribution in [-0.4, -0.2) is 41.0 Å². The molecule has 1 heterocycles. The predicted molar refractivity (Wildman–Crippen MR) is 41.4 cm³/mol. The molecule has 1 unspecified atom stereocenters. The van der Waals surface area contributed by atoms with Crippen molar-refractivity contribution >= 4 is 11.9 Å². The maximum Gasteiger partial charge on any atom is 0.330 e. The highest BCUT2D eigenvalue weighted by atomic mass is 16.4. The number of hydrogen-bond acceptors (Lipinski definition) is 3. The highest BCUT2D eigenvalue weighted by molar-refractivity contribution is 6.00. The molecule has 1 rings (SSSR count). The zero-order chi connectivity index (χ0) is 9.14. The molecule has 1 aliphatic heterocycles. The van der Waals surface area contributed by atoms with Crippen LogP contribution in [0.5, 0.6) is 0 Å². The average molecular weight is 172 g/mol. The number of nitrogens with two attached hydrogens (primary N) is 1. The molecule has 0 aromatic rings. The van der Waals surface area contributed by atoms with E-state index in [1.54, 1.807) is 4.90 Å². The molecule has 0 spiro atoms. The smallest absolute Gasteiger partial charge is 0.330 e. The maximum absolute atomic E-state index is 10.7. The topological polar surface area (TPSA) is 83.6 Å². The minimum absolute atomic E-state index is 0.653. The van der Waals surface area contributed by atoms with Crippen LogP contribution in [0.25, 0.3) is 0 Å². The minimum Gasteiger partial charge on any atom is -0.480 e. The molecule has 1 aliphatic rings. The first-order valence-corrected chi connectivity index (χ1v) is 3.89. The number of carboxylic acid groups (broad SMARTS) is 1. The number of amides is 1. The van der Waals surface area contributed by atoms with E-state index in [-0.39, 0.29) is 0 Å². The van der Waals surface area contributed by atoms with Gasteiger partial charge in [-0.2, -0.15) is 0 Å². The molecule has 0 aromatic carbocycles. The van der Waals surface area contributed by atoms with Crippen LogP contribution in [0.1, 0.15) is 12.8 Å². The van der Waals surface area contributed by atoms with Crippen LogP contribution in [0.2, 0.25) is 0 Å². The Morgan fingerprint density at radius 1 is 1.33 bits per heavy atom. The molecule has 5 nitrogen and oxygen atoms in total. The first-order chi connectivity index (χ1) is 5.63. The molecule has 68 valence electrons. The first-order valence-electron chi connectivity index (χ1n) is 3.89. The summed E-state index contributed by atoms with van der Waals surface area (Å²) < 4.78 is 0. The van der Waals surface area contributed by atoms with E-state index in [2.05, 4.69) is 0 Å². The third-order valence-corrected chi connectivity index (χ3v) is 2.01. The molecule has 1 atom stereocenters. The minimum atomic E-state index is -1.15. The summed E-state index contributed by atoms with van der Waals surface area (Å²) in [7, 11) is 0. The van der Waals surface area contributed by atoms with Gasteiger partial charge in [-0.3, -0.25) is 9.69 Å². The van der Waals surface area contributed by atoms with E-state index >= 15 is 0 Å². The van der Waals surface area contributed by atoms with Gasteiger partial charge >= 0.3 is 5.97 Å². The molecular weight excluding hydrogens is 160 g/mol. The number of hydrogen-bond donors (Lipinski definition) is 2. The van der Waals surface area contributed by atoms with Gasteiger partial charge in [0.15, 0.2) is 6.04 Å². The van der Waals surface area contributed by atoms with Gasteiger partial charge in [-0.1, -0.05) is 0 Å². The summed E-state index contributed by atoms with van der Waals surface area (Å²) in [5, 5.41) is 8.66. The lowest BCUT2D eigenvalue weighted by Gasteiger charge is -2.19. The van der Waals surface area contributed by atoms with Crippen molar-refractivity contribution in [1.82, 2.24) is 4.90 Å². The van der Waals surface area contributed by atoms with Crippen LogP contribution in [0.15, 0.2) is 0 Å². The largest absolute Gasteiger partial charge is 0.480 e. The second-order valence-electron chi connectivity index (χ2n) is 2.89. The summed E-state index contributed by atoms with van der Waals surface area (Å²) in [5.41, 5.74) is 4.96. The van der Waals surface area contributed by atoms with Gasteiger partial charge in [0, 0.05) is 0 Å². The third-order valence-electron chi connectivity index (χ3n) is 2.01. The van der Waals surface area contributed by atoms with Crippen molar-refractivity contribution in [3.8, 4) is 0 Å². The molecule has 5 heteroatoms. The highest BCUT2D eigenvalue weighted by Gasteiger charge is 2.32. The second-order valence-corrected chi connectivity index (χ2v) is 2.89.